The number of nitrogens with one attached hydrogen (secondary N) is 1. The molecule has 1 aromatic heterocycles. The Morgan fingerprint density at radius 3 is 2.55 bits per heavy atom. The van der Waals surface area contributed by atoms with E-state index >= 15 is 0 Å². The van der Waals surface area contributed by atoms with Gasteiger partial charge in [0.1, 0.15) is 11.6 Å². The van der Waals surface area contributed by atoms with Crippen LogP contribution in [0, 0.1) is 5.82 Å². The molecular formula is C14H9FN2O3. The van der Waals surface area contributed by atoms with Crippen molar-refractivity contribution in [2.24, 2.45) is 0 Å². The van der Waals surface area contributed by atoms with Crippen molar-refractivity contribution < 1.29 is 9.50 Å². The van der Waals surface area contributed by atoms with Crippen molar-refractivity contribution in [3.8, 4) is 11.4 Å². The molecule has 0 aliphatic heterocycles. The summed E-state index contributed by atoms with van der Waals surface area (Å²) in [6.45, 7) is 0. The first kappa shape index (κ1) is 12.2. The number of benzene rings is 2. The highest BCUT2D eigenvalue weighted by Gasteiger charge is 2.14. The summed E-state index contributed by atoms with van der Waals surface area (Å²) in [6, 6.07) is 9.84. The molecule has 0 radical (unpaired) electrons. The van der Waals surface area contributed by atoms with Gasteiger partial charge in [-0.2, -0.15) is 0 Å². The maximum absolute atomic E-state index is 13.8. The van der Waals surface area contributed by atoms with E-state index in [9.17, 15) is 19.1 Å². The van der Waals surface area contributed by atoms with Gasteiger partial charge in [0, 0.05) is 0 Å². The van der Waals surface area contributed by atoms with Crippen LogP contribution in [0.3, 0.4) is 0 Å². The fourth-order valence-corrected chi connectivity index (χ4v) is 2.09. The van der Waals surface area contributed by atoms with Gasteiger partial charge in [0.05, 0.1) is 16.6 Å². The molecule has 0 saturated carbocycles. The van der Waals surface area contributed by atoms with Gasteiger partial charge in [0.25, 0.3) is 5.56 Å². The number of aromatic hydroxyl groups is 1. The zero-order chi connectivity index (χ0) is 14.3. The molecule has 0 bridgehead atoms. The fraction of sp³-hybridized carbons (Fsp3) is 0. The van der Waals surface area contributed by atoms with Gasteiger partial charge in [-0.3, -0.25) is 4.79 Å². The number of aromatic nitrogens is 2. The first-order chi connectivity index (χ1) is 9.59. The highest BCUT2D eigenvalue weighted by molar-refractivity contribution is 5.78. The number of H-pyrrole nitrogens is 1. The Morgan fingerprint density at radius 1 is 1.05 bits per heavy atom. The first-order valence-electron chi connectivity index (χ1n) is 5.81. The topological polar surface area (TPSA) is 75.1 Å². The van der Waals surface area contributed by atoms with Gasteiger partial charge in [-0.15, -0.1) is 0 Å². The van der Waals surface area contributed by atoms with E-state index in [2.05, 4.69) is 4.98 Å². The maximum atomic E-state index is 13.8. The Morgan fingerprint density at radius 2 is 1.80 bits per heavy atom. The molecule has 6 heteroatoms. The molecule has 0 aliphatic carbocycles. The van der Waals surface area contributed by atoms with Crippen LogP contribution in [-0.4, -0.2) is 14.7 Å². The molecule has 5 nitrogen and oxygen atoms in total. The summed E-state index contributed by atoms with van der Waals surface area (Å²) in [7, 11) is 0. The number of hydrogen-bond donors (Lipinski definition) is 2. The lowest BCUT2D eigenvalue weighted by atomic mass is 10.2. The van der Waals surface area contributed by atoms with Crippen LogP contribution in [0.15, 0.2) is 52.1 Å². The Hall–Kier alpha value is -2.89. The quantitative estimate of drug-likeness (QED) is 0.705. The van der Waals surface area contributed by atoms with E-state index in [4.69, 9.17) is 0 Å². The second kappa shape index (κ2) is 4.34. The summed E-state index contributed by atoms with van der Waals surface area (Å²) in [5.74, 6) is -0.969. The molecule has 0 unspecified atom stereocenters. The van der Waals surface area contributed by atoms with Crippen LogP contribution in [0.4, 0.5) is 4.39 Å². The molecule has 0 amide bonds. The molecule has 3 aromatic rings. The number of aromatic amines is 1. The number of nitrogens with zero attached hydrogens (tertiary/aromatic N) is 1. The normalized spacial score (nSPS) is 10.8. The molecule has 100 valence electrons. The molecule has 1 heterocycles. The second-order valence-corrected chi connectivity index (χ2v) is 4.22. The molecular weight excluding hydrogens is 263 g/mol. The Kier molecular flexibility index (Phi) is 2.64. The zero-order valence-electron chi connectivity index (χ0n) is 10.1. The molecule has 0 saturated heterocycles. The first-order valence-corrected chi connectivity index (χ1v) is 5.81. The number of fused-ring (bicyclic) bond motifs is 1. The molecule has 2 aromatic carbocycles. The lowest BCUT2D eigenvalue weighted by Crippen LogP contribution is -2.34. The summed E-state index contributed by atoms with van der Waals surface area (Å²) in [5.41, 5.74) is -1.44. The maximum Gasteiger partial charge on any atom is 0.333 e. The van der Waals surface area contributed by atoms with Crippen LogP contribution in [0.25, 0.3) is 16.6 Å². The van der Waals surface area contributed by atoms with Crippen molar-refractivity contribution in [3.05, 3.63) is 69.1 Å². The predicted molar refractivity (Wildman–Crippen MR) is 71.8 cm³/mol. The van der Waals surface area contributed by atoms with E-state index in [0.29, 0.717) is 4.57 Å². The number of phenols is 1. The van der Waals surface area contributed by atoms with Gasteiger partial charge in [0.15, 0.2) is 0 Å². The molecule has 0 atom stereocenters. The van der Waals surface area contributed by atoms with Crippen LogP contribution in [0.5, 0.6) is 5.75 Å². The van der Waals surface area contributed by atoms with Gasteiger partial charge >= 0.3 is 5.69 Å². The van der Waals surface area contributed by atoms with E-state index in [0.717, 1.165) is 6.07 Å². The van der Waals surface area contributed by atoms with E-state index in [1.165, 1.54) is 24.3 Å². The minimum absolute atomic E-state index is 0.00361. The van der Waals surface area contributed by atoms with Crippen molar-refractivity contribution in [3.63, 3.8) is 0 Å². The van der Waals surface area contributed by atoms with Crippen molar-refractivity contribution in [1.82, 2.24) is 9.55 Å². The lowest BCUT2D eigenvalue weighted by Gasteiger charge is -2.08. The van der Waals surface area contributed by atoms with E-state index in [1.807, 2.05) is 0 Å². The van der Waals surface area contributed by atoms with Crippen LogP contribution < -0.4 is 11.2 Å². The molecule has 3 rings (SSSR count). The number of halogens is 1. The third-order valence-electron chi connectivity index (χ3n) is 3.00. The van der Waals surface area contributed by atoms with Crippen molar-refractivity contribution in [2.75, 3.05) is 0 Å². The van der Waals surface area contributed by atoms with E-state index in [1.54, 1.807) is 12.1 Å². The van der Waals surface area contributed by atoms with Crippen molar-refractivity contribution in [1.29, 1.82) is 0 Å². The summed E-state index contributed by atoms with van der Waals surface area (Å²) >= 11 is 0. The van der Waals surface area contributed by atoms with Crippen LogP contribution in [0.2, 0.25) is 0 Å². The molecule has 0 fully saturated rings. The monoisotopic (exact) mass is 272 g/mol. The largest absolute Gasteiger partial charge is 0.506 e. The number of rotatable bonds is 1. The SMILES string of the molecule is O=c1[nH]c2cccc(F)c2c(=O)n1-c1ccccc1O. The van der Waals surface area contributed by atoms with Gasteiger partial charge in [-0.1, -0.05) is 18.2 Å². The molecule has 2 N–H and O–H groups in total. The summed E-state index contributed by atoms with van der Waals surface area (Å²) in [6.07, 6.45) is 0. The molecule has 0 spiro atoms. The third kappa shape index (κ3) is 1.70. The third-order valence-corrected chi connectivity index (χ3v) is 3.00. The van der Waals surface area contributed by atoms with E-state index < -0.39 is 17.1 Å². The number of hydrogen-bond acceptors (Lipinski definition) is 3. The zero-order valence-corrected chi connectivity index (χ0v) is 10.1. The summed E-state index contributed by atoms with van der Waals surface area (Å²) in [4.78, 5) is 26.7. The minimum atomic E-state index is -0.816. The van der Waals surface area contributed by atoms with Gasteiger partial charge in [0.2, 0.25) is 0 Å². The van der Waals surface area contributed by atoms with Crippen LogP contribution in [0.1, 0.15) is 0 Å². The highest BCUT2D eigenvalue weighted by atomic mass is 19.1. The minimum Gasteiger partial charge on any atom is -0.506 e. The van der Waals surface area contributed by atoms with Gasteiger partial charge < -0.3 is 10.1 Å². The van der Waals surface area contributed by atoms with Crippen LogP contribution >= 0.6 is 0 Å². The standard InChI is InChI=1S/C14H9FN2O3/c15-8-4-3-5-9-12(8)13(19)17(14(20)16-9)10-6-1-2-7-11(10)18/h1-7,18H,(H,16,20). The predicted octanol–water partition coefficient (Wildman–Crippen LogP) is 1.52. The molecule has 0 aliphatic rings. The lowest BCUT2D eigenvalue weighted by molar-refractivity contribution is 0.471. The Bertz CT molecular complexity index is 928. The fourth-order valence-electron chi connectivity index (χ4n) is 2.09. The number of para-hydroxylation sites is 2. The molecule has 20 heavy (non-hydrogen) atoms. The van der Waals surface area contributed by atoms with E-state index in [-0.39, 0.29) is 22.3 Å². The summed E-state index contributed by atoms with van der Waals surface area (Å²) < 4.78 is 14.5. The Labute approximate surface area is 111 Å². The smallest absolute Gasteiger partial charge is 0.333 e. The highest BCUT2D eigenvalue weighted by Crippen LogP contribution is 2.18. The van der Waals surface area contributed by atoms with Crippen LogP contribution in [-0.2, 0) is 0 Å². The average molecular weight is 272 g/mol. The Balaban J connectivity index is 2.50. The van der Waals surface area contributed by atoms with Crippen molar-refractivity contribution in [2.45, 2.75) is 0 Å². The van der Waals surface area contributed by atoms with Gasteiger partial charge in [-0.05, 0) is 24.3 Å². The number of phenolic OH excluding ortho intramolecular Hbond substituents is 1. The second-order valence-electron chi connectivity index (χ2n) is 4.22. The van der Waals surface area contributed by atoms with Gasteiger partial charge in [-0.25, -0.2) is 13.8 Å². The average Bonchev–Trinajstić information content (AvgIpc) is 2.40. The summed E-state index contributed by atoms with van der Waals surface area (Å²) in [5, 5.41) is 9.52. The van der Waals surface area contributed by atoms with Crippen molar-refractivity contribution >= 4 is 10.9 Å².